The number of nitrogens with zero attached hydrogens (tertiary/aromatic N) is 1. The first-order chi connectivity index (χ1) is 9.56. The molecule has 2 aromatic rings. The largest absolute Gasteiger partial charge is 0.374 e. The van der Waals surface area contributed by atoms with Crippen molar-refractivity contribution in [2.45, 2.75) is 13.8 Å². The van der Waals surface area contributed by atoms with Crippen LogP contribution in [0.5, 0.6) is 0 Å². The summed E-state index contributed by atoms with van der Waals surface area (Å²) in [5.41, 5.74) is 5.12. The molecule has 0 saturated carbocycles. The number of hydrogen-bond donors (Lipinski definition) is 1. The van der Waals surface area contributed by atoms with Gasteiger partial charge in [-0.25, -0.2) is 0 Å². The molecule has 0 spiro atoms. The molecule has 20 heavy (non-hydrogen) atoms. The first kappa shape index (κ1) is 13.2. The standard InChI is InChI=1S/C16H15BrN2O/c1-10-3-6-14(11(2)7-10)19-15-8-12(17)4-5-13(15)18-9-16(19)20/h3-8,18H,9H2,1-2H3. The SMILES string of the molecule is Cc1ccc(N2C(=O)CNc3ccc(Br)cc32)c(C)c1. The maximum atomic E-state index is 12.4. The minimum absolute atomic E-state index is 0.0579. The van der Waals surface area contributed by atoms with E-state index in [2.05, 4.69) is 34.2 Å². The Hall–Kier alpha value is -1.81. The van der Waals surface area contributed by atoms with Crippen LogP contribution in [-0.4, -0.2) is 12.5 Å². The van der Waals surface area contributed by atoms with Crippen LogP contribution >= 0.6 is 15.9 Å². The van der Waals surface area contributed by atoms with E-state index < -0.39 is 0 Å². The van der Waals surface area contributed by atoms with Crippen LogP contribution in [-0.2, 0) is 4.79 Å². The average Bonchev–Trinajstić information content (AvgIpc) is 2.40. The normalized spacial score (nSPS) is 13.9. The number of amides is 1. The summed E-state index contributed by atoms with van der Waals surface area (Å²) in [6, 6.07) is 12.1. The van der Waals surface area contributed by atoms with Gasteiger partial charge in [-0.2, -0.15) is 0 Å². The Morgan fingerprint density at radius 3 is 2.65 bits per heavy atom. The van der Waals surface area contributed by atoms with Crippen LogP contribution in [0.25, 0.3) is 0 Å². The van der Waals surface area contributed by atoms with Gasteiger partial charge in [-0.3, -0.25) is 9.69 Å². The quantitative estimate of drug-likeness (QED) is 0.851. The Kier molecular flexibility index (Phi) is 3.26. The summed E-state index contributed by atoms with van der Waals surface area (Å²) in [7, 11) is 0. The summed E-state index contributed by atoms with van der Waals surface area (Å²) in [5, 5.41) is 3.16. The lowest BCUT2D eigenvalue weighted by Crippen LogP contribution is -2.36. The molecule has 2 aromatic carbocycles. The highest BCUT2D eigenvalue weighted by Gasteiger charge is 2.26. The molecule has 1 amide bonds. The number of aryl methyl sites for hydroxylation is 2. The van der Waals surface area contributed by atoms with E-state index in [0.717, 1.165) is 27.1 Å². The van der Waals surface area contributed by atoms with Gasteiger partial charge in [-0.1, -0.05) is 33.6 Å². The van der Waals surface area contributed by atoms with Gasteiger partial charge in [0.1, 0.15) is 0 Å². The van der Waals surface area contributed by atoms with Crippen molar-refractivity contribution < 1.29 is 4.79 Å². The Morgan fingerprint density at radius 1 is 1.10 bits per heavy atom. The summed E-state index contributed by atoms with van der Waals surface area (Å²) < 4.78 is 0.961. The van der Waals surface area contributed by atoms with Gasteiger partial charge in [-0.05, 0) is 43.7 Å². The van der Waals surface area contributed by atoms with Crippen molar-refractivity contribution in [1.29, 1.82) is 0 Å². The van der Waals surface area contributed by atoms with Crippen LogP contribution < -0.4 is 10.2 Å². The fourth-order valence-corrected chi connectivity index (χ4v) is 2.89. The molecule has 1 aliphatic rings. The van der Waals surface area contributed by atoms with E-state index >= 15 is 0 Å². The fraction of sp³-hybridized carbons (Fsp3) is 0.188. The number of hydrogen-bond acceptors (Lipinski definition) is 2. The second-order valence-electron chi connectivity index (χ2n) is 5.03. The van der Waals surface area contributed by atoms with Gasteiger partial charge in [0.2, 0.25) is 0 Å². The highest BCUT2D eigenvalue weighted by Crippen LogP contribution is 2.38. The Bertz CT molecular complexity index is 697. The monoisotopic (exact) mass is 330 g/mol. The molecule has 0 aliphatic carbocycles. The number of anilines is 3. The lowest BCUT2D eigenvalue weighted by atomic mass is 10.1. The Morgan fingerprint density at radius 2 is 1.90 bits per heavy atom. The van der Waals surface area contributed by atoms with E-state index in [1.54, 1.807) is 4.90 Å². The topological polar surface area (TPSA) is 32.3 Å². The van der Waals surface area contributed by atoms with Crippen molar-refractivity contribution >= 4 is 38.9 Å². The third-order valence-electron chi connectivity index (χ3n) is 3.47. The molecule has 0 saturated heterocycles. The minimum atomic E-state index is 0.0579. The molecule has 4 heteroatoms. The molecule has 1 heterocycles. The van der Waals surface area contributed by atoms with E-state index in [1.807, 2.05) is 37.3 Å². The lowest BCUT2D eigenvalue weighted by molar-refractivity contribution is -0.116. The van der Waals surface area contributed by atoms with Gasteiger partial charge in [0.05, 0.1) is 23.6 Å². The van der Waals surface area contributed by atoms with Crippen molar-refractivity contribution in [3.05, 3.63) is 52.0 Å². The molecule has 0 atom stereocenters. The van der Waals surface area contributed by atoms with Gasteiger partial charge < -0.3 is 5.32 Å². The number of carbonyl (C=O) groups is 1. The van der Waals surface area contributed by atoms with Crippen molar-refractivity contribution in [2.75, 3.05) is 16.8 Å². The third-order valence-corrected chi connectivity index (χ3v) is 3.97. The van der Waals surface area contributed by atoms with Crippen molar-refractivity contribution in [2.24, 2.45) is 0 Å². The molecule has 0 fully saturated rings. The number of fused-ring (bicyclic) bond motifs is 1. The van der Waals surface area contributed by atoms with Crippen LogP contribution in [0.1, 0.15) is 11.1 Å². The second-order valence-corrected chi connectivity index (χ2v) is 5.95. The van der Waals surface area contributed by atoms with E-state index in [4.69, 9.17) is 0 Å². The fourth-order valence-electron chi connectivity index (χ4n) is 2.54. The molecule has 0 bridgehead atoms. The summed E-state index contributed by atoms with van der Waals surface area (Å²) in [6.07, 6.45) is 0. The van der Waals surface area contributed by atoms with Gasteiger partial charge in [0.15, 0.2) is 0 Å². The Labute approximate surface area is 126 Å². The molecule has 0 aromatic heterocycles. The minimum Gasteiger partial charge on any atom is -0.374 e. The molecule has 1 N–H and O–H groups in total. The summed E-state index contributed by atoms with van der Waals surface area (Å²) >= 11 is 3.47. The van der Waals surface area contributed by atoms with Crippen LogP contribution in [0.4, 0.5) is 17.1 Å². The van der Waals surface area contributed by atoms with Crippen LogP contribution in [0.2, 0.25) is 0 Å². The summed E-state index contributed by atoms with van der Waals surface area (Å²) in [6.45, 7) is 4.41. The first-order valence-corrected chi connectivity index (χ1v) is 7.29. The number of halogens is 1. The summed E-state index contributed by atoms with van der Waals surface area (Å²) in [4.78, 5) is 14.2. The molecule has 3 rings (SSSR count). The molecule has 0 unspecified atom stereocenters. The van der Waals surface area contributed by atoms with Crippen LogP contribution in [0.3, 0.4) is 0 Å². The highest BCUT2D eigenvalue weighted by atomic mass is 79.9. The van der Waals surface area contributed by atoms with Gasteiger partial charge >= 0.3 is 0 Å². The maximum absolute atomic E-state index is 12.4. The maximum Gasteiger partial charge on any atom is 0.250 e. The highest BCUT2D eigenvalue weighted by molar-refractivity contribution is 9.10. The first-order valence-electron chi connectivity index (χ1n) is 6.50. The zero-order valence-electron chi connectivity index (χ0n) is 11.4. The lowest BCUT2D eigenvalue weighted by Gasteiger charge is -2.31. The van der Waals surface area contributed by atoms with Crippen molar-refractivity contribution in [1.82, 2.24) is 0 Å². The predicted octanol–water partition coefficient (Wildman–Crippen LogP) is 4.16. The van der Waals surface area contributed by atoms with Crippen molar-refractivity contribution in [3.63, 3.8) is 0 Å². The van der Waals surface area contributed by atoms with Gasteiger partial charge in [0, 0.05) is 4.47 Å². The molecular weight excluding hydrogens is 316 g/mol. The number of nitrogens with one attached hydrogen (secondary N) is 1. The number of rotatable bonds is 1. The molecule has 0 radical (unpaired) electrons. The molecule has 102 valence electrons. The second kappa shape index (κ2) is 4.94. The van der Waals surface area contributed by atoms with Gasteiger partial charge in [0.25, 0.3) is 5.91 Å². The summed E-state index contributed by atoms with van der Waals surface area (Å²) in [5.74, 6) is 0.0579. The van der Waals surface area contributed by atoms with Crippen LogP contribution in [0.15, 0.2) is 40.9 Å². The third kappa shape index (κ3) is 2.20. The van der Waals surface area contributed by atoms with E-state index in [0.29, 0.717) is 6.54 Å². The van der Waals surface area contributed by atoms with Crippen molar-refractivity contribution in [3.8, 4) is 0 Å². The van der Waals surface area contributed by atoms with E-state index in [-0.39, 0.29) is 5.91 Å². The number of benzene rings is 2. The number of carbonyl (C=O) groups excluding carboxylic acids is 1. The molecular formula is C16H15BrN2O. The van der Waals surface area contributed by atoms with Crippen LogP contribution in [0, 0.1) is 13.8 Å². The average molecular weight is 331 g/mol. The predicted molar refractivity (Wildman–Crippen MR) is 85.7 cm³/mol. The Balaban J connectivity index is 2.18. The molecule has 1 aliphatic heterocycles. The van der Waals surface area contributed by atoms with E-state index in [9.17, 15) is 4.79 Å². The van der Waals surface area contributed by atoms with Gasteiger partial charge in [-0.15, -0.1) is 0 Å². The molecule has 3 nitrogen and oxygen atoms in total. The zero-order chi connectivity index (χ0) is 14.3. The van der Waals surface area contributed by atoms with E-state index in [1.165, 1.54) is 5.56 Å². The smallest absolute Gasteiger partial charge is 0.250 e. The zero-order valence-corrected chi connectivity index (χ0v) is 13.0.